The van der Waals surface area contributed by atoms with Gasteiger partial charge in [-0.25, -0.2) is 0 Å². The number of hydrogen-bond donors (Lipinski definition) is 1. The van der Waals surface area contributed by atoms with E-state index in [1.807, 2.05) is 6.92 Å². The number of aliphatic hydroxyl groups is 1. The molecule has 1 N–H and O–H groups in total. The number of aliphatic hydroxyl groups excluding tert-OH is 1. The molecule has 0 aromatic carbocycles. The third-order valence-corrected chi connectivity index (χ3v) is 1.56. The van der Waals surface area contributed by atoms with Crippen molar-refractivity contribution in [2.24, 2.45) is 0 Å². The minimum Gasteiger partial charge on any atom is -0.469 e. The summed E-state index contributed by atoms with van der Waals surface area (Å²) in [6, 6.07) is 0. The molecule has 3 heteroatoms. The maximum absolute atomic E-state index is 10.6. The minimum absolute atomic E-state index is 0.253. The van der Waals surface area contributed by atoms with Gasteiger partial charge in [-0.2, -0.15) is 0 Å². The largest absolute Gasteiger partial charge is 0.469 e. The molecule has 0 spiro atoms. The van der Waals surface area contributed by atoms with Crippen LogP contribution in [0.4, 0.5) is 0 Å². The second-order valence-electron chi connectivity index (χ2n) is 2.55. The van der Waals surface area contributed by atoms with Crippen LogP contribution < -0.4 is 0 Å². The summed E-state index contributed by atoms with van der Waals surface area (Å²) in [7, 11) is 1.36. The molecule has 70 valence electrons. The van der Waals surface area contributed by atoms with Crippen molar-refractivity contribution in [3.8, 4) is 0 Å². The van der Waals surface area contributed by atoms with E-state index in [0.29, 0.717) is 6.42 Å². The van der Waals surface area contributed by atoms with Crippen LogP contribution in [0.15, 0.2) is 12.2 Å². The van der Waals surface area contributed by atoms with Gasteiger partial charge in [-0.1, -0.05) is 19.1 Å². The van der Waals surface area contributed by atoms with E-state index in [9.17, 15) is 4.79 Å². The second kappa shape index (κ2) is 6.85. The molecule has 0 aromatic heterocycles. The molecule has 0 aliphatic carbocycles. The molecule has 0 aliphatic heterocycles. The Morgan fingerprint density at radius 1 is 1.58 bits per heavy atom. The van der Waals surface area contributed by atoms with Gasteiger partial charge in [0, 0.05) is 0 Å². The highest BCUT2D eigenvalue weighted by Gasteiger charge is 1.97. The van der Waals surface area contributed by atoms with Crippen LogP contribution >= 0.6 is 0 Å². The summed E-state index contributed by atoms with van der Waals surface area (Å²) in [5, 5.41) is 9.11. The van der Waals surface area contributed by atoms with Crippen molar-refractivity contribution in [1.29, 1.82) is 0 Å². The molecule has 0 aromatic rings. The van der Waals surface area contributed by atoms with Crippen LogP contribution in [0, 0.1) is 0 Å². The molecule has 3 nitrogen and oxygen atoms in total. The number of rotatable bonds is 5. The maximum Gasteiger partial charge on any atom is 0.309 e. The molecule has 0 fully saturated rings. The first-order valence-corrected chi connectivity index (χ1v) is 4.10. The smallest absolute Gasteiger partial charge is 0.309 e. The summed E-state index contributed by atoms with van der Waals surface area (Å²) in [6.07, 6.45) is 4.85. The van der Waals surface area contributed by atoms with Crippen molar-refractivity contribution in [2.75, 3.05) is 7.11 Å². The van der Waals surface area contributed by atoms with Crippen LogP contribution in [0.5, 0.6) is 0 Å². The minimum atomic E-state index is -0.293. The normalized spacial score (nSPS) is 13.2. The lowest BCUT2D eigenvalue weighted by Gasteiger charge is -2.01. The topological polar surface area (TPSA) is 46.5 Å². The zero-order valence-electron chi connectivity index (χ0n) is 7.62. The summed E-state index contributed by atoms with van der Waals surface area (Å²) in [5.41, 5.74) is 0. The van der Waals surface area contributed by atoms with Crippen LogP contribution in [0.3, 0.4) is 0 Å². The van der Waals surface area contributed by atoms with Gasteiger partial charge in [0.2, 0.25) is 0 Å². The maximum atomic E-state index is 10.6. The summed E-state index contributed by atoms with van der Waals surface area (Å²) >= 11 is 0. The lowest BCUT2D eigenvalue weighted by atomic mass is 10.2. The first-order valence-electron chi connectivity index (χ1n) is 4.10. The van der Waals surface area contributed by atoms with E-state index in [-0.39, 0.29) is 18.5 Å². The first-order chi connectivity index (χ1) is 5.70. The average molecular weight is 172 g/mol. The Kier molecular flexibility index (Phi) is 6.38. The van der Waals surface area contributed by atoms with E-state index >= 15 is 0 Å². The second-order valence-corrected chi connectivity index (χ2v) is 2.55. The molecule has 1 atom stereocenters. The number of carbonyl (C=O) groups excluding carboxylic acids is 1. The highest BCUT2D eigenvalue weighted by Crippen LogP contribution is 1.98. The van der Waals surface area contributed by atoms with E-state index in [0.717, 1.165) is 6.42 Å². The quantitative estimate of drug-likeness (QED) is 0.501. The predicted octanol–water partition coefficient (Wildman–Crippen LogP) is 1.27. The van der Waals surface area contributed by atoms with Gasteiger partial charge in [0.05, 0.1) is 19.6 Å². The standard InChI is InChI=1S/C9H16O3/c1-3-8(10)6-4-5-7-9(11)12-2/h4-5,8,10H,3,6-7H2,1-2H3. The fourth-order valence-corrected chi connectivity index (χ4v) is 0.683. The molecular formula is C9H16O3. The Morgan fingerprint density at radius 2 is 2.25 bits per heavy atom. The number of methoxy groups -OCH3 is 1. The van der Waals surface area contributed by atoms with Crippen LogP contribution in [0.25, 0.3) is 0 Å². The van der Waals surface area contributed by atoms with Crippen LogP contribution in [-0.4, -0.2) is 24.3 Å². The molecular weight excluding hydrogens is 156 g/mol. The number of esters is 1. The highest BCUT2D eigenvalue weighted by atomic mass is 16.5. The fourth-order valence-electron chi connectivity index (χ4n) is 0.683. The van der Waals surface area contributed by atoms with Crippen LogP contribution in [0.2, 0.25) is 0 Å². The SMILES string of the molecule is CCC(O)CC=CCC(=O)OC. The van der Waals surface area contributed by atoms with Crippen LogP contribution in [-0.2, 0) is 9.53 Å². The summed E-state index contributed by atoms with van der Waals surface area (Å²) in [6.45, 7) is 1.92. The molecule has 0 bridgehead atoms. The van der Waals surface area contributed by atoms with E-state index in [4.69, 9.17) is 5.11 Å². The summed E-state index contributed by atoms with van der Waals surface area (Å²) < 4.78 is 4.43. The summed E-state index contributed by atoms with van der Waals surface area (Å²) in [5.74, 6) is -0.253. The van der Waals surface area contributed by atoms with Crippen molar-refractivity contribution >= 4 is 5.97 Å². The Hall–Kier alpha value is -0.830. The molecule has 0 saturated heterocycles. The third kappa shape index (κ3) is 5.92. The molecule has 12 heavy (non-hydrogen) atoms. The molecule has 0 rings (SSSR count). The van der Waals surface area contributed by atoms with Gasteiger partial charge in [0.1, 0.15) is 0 Å². The molecule has 0 saturated carbocycles. The van der Waals surface area contributed by atoms with Crippen molar-refractivity contribution in [3.63, 3.8) is 0 Å². The Morgan fingerprint density at radius 3 is 2.75 bits per heavy atom. The van der Waals surface area contributed by atoms with E-state index < -0.39 is 0 Å². The molecule has 0 radical (unpaired) electrons. The first kappa shape index (κ1) is 11.2. The van der Waals surface area contributed by atoms with Gasteiger partial charge in [-0.05, 0) is 12.8 Å². The fraction of sp³-hybridized carbons (Fsp3) is 0.667. The lowest BCUT2D eigenvalue weighted by Crippen LogP contribution is -2.02. The zero-order valence-corrected chi connectivity index (χ0v) is 7.62. The van der Waals surface area contributed by atoms with Gasteiger partial charge in [-0.3, -0.25) is 4.79 Å². The van der Waals surface area contributed by atoms with Gasteiger partial charge in [-0.15, -0.1) is 0 Å². The molecule has 0 heterocycles. The van der Waals surface area contributed by atoms with Crippen molar-refractivity contribution in [2.45, 2.75) is 32.3 Å². The molecule has 0 amide bonds. The van der Waals surface area contributed by atoms with E-state index in [1.165, 1.54) is 7.11 Å². The van der Waals surface area contributed by atoms with E-state index in [2.05, 4.69) is 4.74 Å². The summed E-state index contributed by atoms with van der Waals surface area (Å²) in [4.78, 5) is 10.6. The Balaban J connectivity index is 3.43. The van der Waals surface area contributed by atoms with E-state index in [1.54, 1.807) is 12.2 Å². The van der Waals surface area contributed by atoms with Gasteiger partial charge < -0.3 is 9.84 Å². The lowest BCUT2D eigenvalue weighted by molar-refractivity contribution is -0.139. The average Bonchev–Trinajstić information content (AvgIpc) is 2.11. The van der Waals surface area contributed by atoms with Crippen LogP contribution in [0.1, 0.15) is 26.2 Å². The van der Waals surface area contributed by atoms with Crippen molar-refractivity contribution in [3.05, 3.63) is 12.2 Å². The highest BCUT2D eigenvalue weighted by molar-refractivity contribution is 5.70. The number of hydrogen-bond acceptors (Lipinski definition) is 3. The molecule has 1 unspecified atom stereocenters. The molecule has 0 aliphatic rings. The van der Waals surface area contributed by atoms with Gasteiger partial charge in [0.25, 0.3) is 0 Å². The van der Waals surface area contributed by atoms with Gasteiger partial charge in [0.15, 0.2) is 0 Å². The monoisotopic (exact) mass is 172 g/mol. The number of ether oxygens (including phenoxy) is 1. The van der Waals surface area contributed by atoms with Crippen molar-refractivity contribution < 1.29 is 14.6 Å². The van der Waals surface area contributed by atoms with Crippen molar-refractivity contribution in [1.82, 2.24) is 0 Å². The zero-order chi connectivity index (χ0) is 9.40. The third-order valence-electron chi connectivity index (χ3n) is 1.56. The number of carbonyl (C=O) groups is 1. The Labute approximate surface area is 73.0 Å². The van der Waals surface area contributed by atoms with Gasteiger partial charge >= 0.3 is 5.97 Å². The predicted molar refractivity (Wildman–Crippen MR) is 46.7 cm³/mol. The Bertz CT molecular complexity index is 152.